The van der Waals surface area contributed by atoms with Gasteiger partial charge in [0.2, 0.25) is 10.0 Å². The molecule has 19 heavy (non-hydrogen) atoms. The average Bonchev–Trinajstić information content (AvgIpc) is 2.68. The fraction of sp³-hybridized carbons (Fsp3) is 0.600. The molecule has 0 radical (unpaired) electrons. The molecule has 0 amide bonds. The molecular formula is C10H17N3O4S2. The highest BCUT2D eigenvalue weighted by Gasteiger charge is 2.29. The molecule has 1 aromatic rings. The number of carbonyl (C=O) groups is 1. The molecule has 1 aromatic heterocycles. The second-order valence-electron chi connectivity index (χ2n) is 4.01. The molecule has 1 heterocycles. The standard InChI is InChI=1S/C10H17N3O4S2/c1-4-18-5-6(2)13-19(16,17)9-7(3)11-12-8(9)10(14)15/h6,13H,4-5H2,1-3H3,(H,11,12)(H,14,15). The zero-order chi connectivity index (χ0) is 14.6. The topological polar surface area (TPSA) is 112 Å². The summed E-state index contributed by atoms with van der Waals surface area (Å²) in [5.74, 6) is 0.131. The van der Waals surface area contributed by atoms with Crippen molar-refractivity contribution < 1.29 is 18.3 Å². The largest absolute Gasteiger partial charge is 0.476 e. The van der Waals surface area contributed by atoms with Crippen molar-refractivity contribution in [2.45, 2.75) is 31.7 Å². The van der Waals surface area contributed by atoms with Crippen LogP contribution in [0.4, 0.5) is 0 Å². The average molecular weight is 307 g/mol. The molecule has 0 aliphatic heterocycles. The predicted molar refractivity (Wildman–Crippen MR) is 73.1 cm³/mol. The van der Waals surface area contributed by atoms with Gasteiger partial charge < -0.3 is 5.11 Å². The van der Waals surface area contributed by atoms with Crippen molar-refractivity contribution in [1.82, 2.24) is 14.9 Å². The molecule has 0 bridgehead atoms. The number of aromatic carboxylic acids is 1. The van der Waals surface area contributed by atoms with Crippen LogP contribution in [0.2, 0.25) is 0 Å². The van der Waals surface area contributed by atoms with Crippen LogP contribution in [0.5, 0.6) is 0 Å². The number of hydrogen-bond acceptors (Lipinski definition) is 5. The van der Waals surface area contributed by atoms with E-state index in [0.29, 0.717) is 5.75 Å². The van der Waals surface area contributed by atoms with E-state index < -0.39 is 21.7 Å². The van der Waals surface area contributed by atoms with E-state index in [9.17, 15) is 13.2 Å². The Kier molecular flexibility index (Phi) is 5.39. The van der Waals surface area contributed by atoms with Crippen LogP contribution in [-0.2, 0) is 10.0 Å². The van der Waals surface area contributed by atoms with Gasteiger partial charge in [0.25, 0.3) is 0 Å². The summed E-state index contributed by atoms with van der Waals surface area (Å²) in [6, 6.07) is -0.286. The van der Waals surface area contributed by atoms with Gasteiger partial charge in [-0.2, -0.15) is 16.9 Å². The van der Waals surface area contributed by atoms with Crippen LogP contribution < -0.4 is 4.72 Å². The Bertz CT molecular complexity index is 553. The van der Waals surface area contributed by atoms with Crippen molar-refractivity contribution in [2.24, 2.45) is 0 Å². The number of nitrogens with one attached hydrogen (secondary N) is 2. The van der Waals surface area contributed by atoms with Crippen LogP contribution in [0.1, 0.15) is 30.0 Å². The Morgan fingerprint density at radius 2 is 2.21 bits per heavy atom. The van der Waals surface area contributed by atoms with E-state index >= 15 is 0 Å². The Morgan fingerprint density at radius 3 is 2.74 bits per heavy atom. The number of thioether (sulfide) groups is 1. The Balaban J connectivity index is 3.01. The first-order chi connectivity index (χ1) is 8.79. The maximum Gasteiger partial charge on any atom is 0.357 e. The van der Waals surface area contributed by atoms with E-state index in [2.05, 4.69) is 14.9 Å². The molecule has 0 fully saturated rings. The quantitative estimate of drug-likeness (QED) is 0.688. The Hall–Kier alpha value is -1.06. The van der Waals surface area contributed by atoms with Crippen LogP contribution in [0, 0.1) is 6.92 Å². The molecule has 0 aromatic carbocycles. The van der Waals surface area contributed by atoms with Gasteiger partial charge in [0.05, 0.1) is 5.69 Å². The van der Waals surface area contributed by atoms with Gasteiger partial charge in [-0.15, -0.1) is 0 Å². The van der Waals surface area contributed by atoms with E-state index in [1.807, 2.05) is 6.92 Å². The summed E-state index contributed by atoms with van der Waals surface area (Å²) < 4.78 is 26.8. The maximum absolute atomic E-state index is 12.2. The lowest BCUT2D eigenvalue weighted by molar-refractivity contribution is 0.0686. The molecule has 0 saturated heterocycles. The highest BCUT2D eigenvalue weighted by atomic mass is 32.2. The Morgan fingerprint density at radius 1 is 1.58 bits per heavy atom. The van der Waals surface area contributed by atoms with Gasteiger partial charge in [-0.1, -0.05) is 6.92 Å². The van der Waals surface area contributed by atoms with Crippen molar-refractivity contribution >= 4 is 27.8 Å². The fourth-order valence-electron chi connectivity index (χ4n) is 1.55. The fourth-order valence-corrected chi connectivity index (χ4v) is 3.89. The monoisotopic (exact) mass is 307 g/mol. The van der Waals surface area contributed by atoms with Gasteiger partial charge in [0.1, 0.15) is 4.90 Å². The van der Waals surface area contributed by atoms with Gasteiger partial charge in [0.15, 0.2) is 5.69 Å². The Labute approximate surface area is 116 Å². The third-order valence-corrected chi connectivity index (χ3v) is 5.18. The predicted octanol–water partition coefficient (Wildman–Crippen LogP) is 0.836. The van der Waals surface area contributed by atoms with E-state index in [-0.39, 0.29) is 16.6 Å². The molecule has 0 spiro atoms. The molecule has 0 aliphatic rings. The molecule has 108 valence electrons. The van der Waals surface area contributed by atoms with Crippen molar-refractivity contribution in [1.29, 1.82) is 0 Å². The zero-order valence-corrected chi connectivity index (χ0v) is 12.6. The number of aromatic amines is 1. The molecule has 1 unspecified atom stereocenters. The van der Waals surface area contributed by atoms with Crippen LogP contribution >= 0.6 is 11.8 Å². The first kappa shape index (κ1) is 16.0. The third-order valence-electron chi connectivity index (χ3n) is 2.29. The first-order valence-electron chi connectivity index (χ1n) is 5.68. The number of rotatable bonds is 7. The number of aryl methyl sites for hydroxylation is 1. The molecule has 7 nitrogen and oxygen atoms in total. The van der Waals surface area contributed by atoms with Gasteiger partial charge >= 0.3 is 5.97 Å². The maximum atomic E-state index is 12.2. The molecule has 1 rings (SSSR count). The van der Waals surface area contributed by atoms with Crippen molar-refractivity contribution in [2.75, 3.05) is 11.5 Å². The van der Waals surface area contributed by atoms with Crippen molar-refractivity contribution in [3.05, 3.63) is 11.4 Å². The SMILES string of the molecule is CCSCC(C)NS(=O)(=O)c1c(C(=O)O)n[nH]c1C. The second kappa shape index (κ2) is 6.40. The summed E-state index contributed by atoms with van der Waals surface area (Å²) in [6.07, 6.45) is 0. The van der Waals surface area contributed by atoms with Crippen molar-refractivity contribution in [3.8, 4) is 0 Å². The van der Waals surface area contributed by atoms with Crippen LogP contribution in [0.3, 0.4) is 0 Å². The number of sulfonamides is 1. The van der Waals surface area contributed by atoms with Gasteiger partial charge in [-0.05, 0) is 19.6 Å². The summed E-state index contributed by atoms with van der Waals surface area (Å²) in [7, 11) is -3.89. The number of aromatic nitrogens is 2. The number of nitrogens with zero attached hydrogens (tertiary/aromatic N) is 1. The molecular weight excluding hydrogens is 290 g/mol. The number of H-pyrrole nitrogens is 1. The molecule has 0 aliphatic carbocycles. The normalized spacial score (nSPS) is 13.4. The van der Waals surface area contributed by atoms with Crippen LogP contribution in [0.15, 0.2) is 4.90 Å². The lowest BCUT2D eigenvalue weighted by atomic mass is 10.4. The van der Waals surface area contributed by atoms with Crippen molar-refractivity contribution in [3.63, 3.8) is 0 Å². The summed E-state index contributed by atoms with van der Waals surface area (Å²) in [5, 5.41) is 14.8. The molecule has 3 N–H and O–H groups in total. The molecule has 1 atom stereocenters. The summed E-state index contributed by atoms with van der Waals surface area (Å²) in [4.78, 5) is 10.7. The van der Waals surface area contributed by atoms with E-state index in [4.69, 9.17) is 5.11 Å². The van der Waals surface area contributed by atoms with Gasteiger partial charge in [-0.25, -0.2) is 17.9 Å². The minimum atomic E-state index is -3.89. The van der Waals surface area contributed by atoms with Crippen LogP contribution in [-0.4, -0.2) is 47.2 Å². The summed E-state index contributed by atoms with van der Waals surface area (Å²) >= 11 is 1.60. The minimum Gasteiger partial charge on any atom is -0.476 e. The number of carboxylic acids is 1. The second-order valence-corrected chi connectivity index (χ2v) is 6.98. The van der Waals surface area contributed by atoms with E-state index in [1.54, 1.807) is 18.7 Å². The van der Waals surface area contributed by atoms with E-state index in [0.717, 1.165) is 5.75 Å². The summed E-state index contributed by atoms with van der Waals surface area (Å²) in [5.41, 5.74) is -0.277. The first-order valence-corrected chi connectivity index (χ1v) is 8.31. The van der Waals surface area contributed by atoms with Crippen LogP contribution in [0.25, 0.3) is 0 Å². The lowest BCUT2D eigenvalue weighted by Gasteiger charge is -2.13. The minimum absolute atomic E-state index is 0.209. The highest BCUT2D eigenvalue weighted by molar-refractivity contribution is 7.99. The van der Waals surface area contributed by atoms with E-state index in [1.165, 1.54) is 6.92 Å². The smallest absolute Gasteiger partial charge is 0.357 e. The summed E-state index contributed by atoms with van der Waals surface area (Å²) in [6.45, 7) is 5.18. The number of carboxylic acid groups (broad SMARTS) is 1. The highest BCUT2D eigenvalue weighted by Crippen LogP contribution is 2.18. The third kappa shape index (κ3) is 3.95. The zero-order valence-electron chi connectivity index (χ0n) is 10.9. The van der Waals surface area contributed by atoms with Gasteiger partial charge in [0, 0.05) is 11.8 Å². The molecule has 0 saturated carbocycles. The lowest BCUT2D eigenvalue weighted by Crippen LogP contribution is -2.35. The number of hydrogen-bond donors (Lipinski definition) is 3. The molecule has 9 heteroatoms. The van der Waals surface area contributed by atoms with Gasteiger partial charge in [-0.3, -0.25) is 5.10 Å².